The van der Waals surface area contributed by atoms with Crippen LogP contribution in [0.3, 0.4) is 0 Å². The van der Waals surface area contributed by atoms with Crippen LogP contribution in [0.1, 0.15) is 31.1 Å². The van der Waals surface area contributed by atoms with Gasteiger partial charge in [-0.1, -0.05) is 18.2 Å². The van der Waals surface area contributed by atoms with E-state index in [1.807, 2.05) is 0 Å². The lowest BCUT2D eigenvalue weighted by molar-refractivity contribution is 0.0692. The van der Waals surface area contributed by atoms with Crippen LogP contribution in [0, 0.1) is 0 Å². The van der Waals surface area contributed by atoms with Gasteiger partial charge in [-0.2, -0.15) is 0 Å². The van der Waals surface area contributed by atoms with Gasteiger partial charge in [0.2, 0.25) is 0 Å². The van der Waals surface area contributed by atoms with Crippen LogP contribution in [-0.2, 0) is 0 Å². The van der Waals surface area contributed by atoms with E-state index in [1.54, 1.807) is 67.8 Å². The molecule has 3 rings (SSSR count). The fourth-order valence-electron chi connectivity index (χ4n) is 2.68. The Balaban J connectivity index is 1.69. The normalized spacial score (nSPS) is 10.1. The highest BCUT2D eigenvalue weighted by atomic mass is 16.5. The van der Waals surface area contributed by atoms with E-state index in [9.17, 15) is 19.5 Å². The highest BCUT2D eigenvalue weighted by molar-refractivity contribution is 6.11. The van der Waals surface area contributed by atoms with Gasteiger partial charge < -0.3 is 20.5 Å². The Bertz CT molecular complexity index is 1060. The molecular formula is C22H18N2O5. The van der Waals surface area contributed by atoms with Gasteiger partial charge in [0.25, 0.3) is 11.8 Å². The third-order valence-electron chi connectivity index (χ3n) is 4.13. The second-order valence-electron chi connectivity index (χ2n) is 6.07. The first-order valence-electron chi connectivity index (χ1n) is 8.67. The van der Waals surface area contributed by atoms with Gasteiger partial charge >= 0.3 is 5.97 Å². The monoisotopic (exact) mass is 390 g/mol. The highest BCUT2D eigenvalue weighted by Gasteiger charge is 2.16. The van der Waals surface area contributed by atoms with Gasteiger partial charge in [0.05, 0.1) is 18.2 Å². The smallest absolute Gasteiger partial charge is 0.336 e. The van der Waals surface area contributed by atoms with Gasteiger partial charge in [-0.25, -0.2) is 4.79 Å². The quantitative estimate of drug-likeness (QED) is 0.592. The number of carboxylic acid groups (broad SMARTS) is 1. The second kappa shape index (κ2) is 8.71. The summed E-state index contributed by atoms with van der Waals surface area (Å²) in [5, 5.41) is 14.6. The van der Waals surface area contributed by atoms with Crippen molar-refractivity contribution < 1.29 is 24.2 Å². The van der Waals surface area contributed by atoms with E-state index in [1.165, 1.54) is 12.1 Å². The lowest BCUT2D eigenvalue weighted by Crippen LogP contribution is -2.16. The Hall–Kier alpha value is -4.13. The number of benzene rings is 3. The van der Waals surface area contributed by atoms with Crippen LogP contribution in [0.2, 0.25) is 0 Å². The first-order valence-corrected chi connectivity index (χ1v) is 8.67. The average molecular weight is 390 g/mol. The van der Waals surface area contributed by atoms with Gasteiger partial charge in [-0.3, -0.25) is 9.59 Å². The topological polar surface area (TPSA) is 105 Å². The maximum atomic E-state index is 12.4. The van der Waals surface area contributed by atoms with Crippen molar-refractivity contribution in [1.82, 2.24) is 0 Å². The summed E-state index contributed by atoms with van der Waals surface area (Å²) >= 11 is 0. The van der Waals surface area contributed by atoms with E-state index < -0.39 is 11.9 Å². The minimum Gasteiger partial charge on any atom is -0.497 e. The first kappa shape index (κ1) is 19.6. The lowest BCUT2D eigenvalue weighted by atomic mass is 10.1. The van der Waals surface area contributed by atoms with Crippen LogP contribution in [0.15, 0.2) is 72.8 Å². The number of carbonyl (C=O) groups excluding carboxylic acids is 2. The fraction of sp³-hybridized carbons (Fsp3) is 0.0455. The standard InChI is InChI=1S/C22H18N2O5/c1-29-17-6-4-5-16(13-17)24-20(25)14-9-11-15(12-10-14)23-21(26)18-7-2-3-8-19(18)22(27)28/h2-13H,1H3,(H,23,26)(H,24,25)(H,27,28). The van der Waals surface area contributed by atoms with E-state index in [4.69, 9.17) is 4.74 Å². The maximum absolute atomic E-state index is 12.4. The number of aromatic carboxylic acids is 1. The molecule has 0 radical (unpaired) electrons. The van der Waals surface area contributed by atoms with Crippen molar-refractivity contribution in [3.8, 4) is 5.75 Å². The Kier molecular flexibility index (Phi) is 5.89. The van der Waals surface area contributed by atoms with Crippen LogP contribution in [0.4, 0.5) is 11.4 Å². The molecule has 3 aromatic carbocycles. The summed E-state index contributed by atoms with van der Waals surface area (Å²) in [6.45, 7) is 0. The molecule has 2 amide bonds. The molecule has 0 saturated carbocycles. The first-order chi connectivity index (χ1) is 14.0. The summed E-state index contributed by atoms with van der Waals surface area (Å²) < 4.78 is 5.13. The Morgan fingerprint density at radius 2 is 1.41 bits per heavy atom. The van der Waals surface area contributed by atoms with Crippen LogP contribution in [0.25, 0.3) is 0 Å². The number of amides is 2. The largest absolute Gasteiger partial charge is 0.497 e. The Morgan fingerprint density at radius 3 is 2.07 bits per heavy atom. The van der Waals surface area contributed by atoms with Crippen LogP contribution < -0.4 is 15.4 Å². The van der Waals surface area contributed by atoms with E-state index in [2.05, 4.69) is 10.6 Å². The number of carboxylic acids is 1. The Morgan fingerprint density at radius 1 is 0.759 bits per heavy atom. The van der Waals surface area contributed by atoms with Crippen LogP contribution in [-0.4, -0.2) is 30.0 Å². The molecule has 0 aliphatic carbocycles. The minimum absolute atomic E-state index is 0.0554. The zero-order chi connectivity index (χ0) is 20.8. The van der Waals surface area contributed by atoms with Crippen molar-refractivity contribution in [2.24, 2.45) is 0 Å². The van der Waals surface area contributed by atoms with Gasteiger partial charge in [-0.05, 0) is 48.5 Å². The molecule has 7 heteroatoms. The molecule has 0 heterocycles. The third kappa shape index (κ3) is 4.78. The molecule has 3 N–H and O–H groups in total. The van der Waals surface area contributed by atoms with Crippen molar-refractivity contribution >= 4 is 29.2 Å². The molecule has 146 valence electrons. The van der Waals surface area contributed by atoms with E-state index >= 15 is 0 Å². The van der Waals surface area contributed by atoms with Crippen LogP contribution in [0.5, 0.6) is 5.75 Å². The Labute approximate surface area is 166 Å². The van der Waals surface area contributed by atoms with Crippen molar-refractivity contribution in [3.05, 3.63) is 89.5 Å². The molecule has 0 aliphatic rings. The lowest BCUT2D eigenvalue weighted by Gasteiger charge is -2.09. The van der Waals surface area contributed by atoms with Gasteiger partial charge in [-0.15, -0.1) is 0 Å². The van der Waals surface area contributed by atoms with Crippen molar-refractivity contribution in [2.75, 3.05) is 17.7 Å². The van der Waals surface area contributed by atoms with E-state index in [0.717, 1.165) is 0 Å². The average Bonchev–Trinajstić information content (AvgIpc) is 2.74. The van der Waals surface area contributed by atoms with Crippen molar-refractivity contribution in [1.29, 1.82) is 0 Å². The molecule has 29 heavy (non-hydrogen) atoms. The molecule has 3 aromatic rings. The zero-order valence-corrected chi connectivity index (χ0v) is 15.5. The fourth-order valence-corrected chi connectivity index (χ4v) is 2.68. The number of rotatable bonds is 6. The summed E-state index contributed by atoms with van der Waals surface area (Å²) in [5.41, 5.74) is 1.40. The predicted molar refractivity (Wildman–Crippen MR) is 109 cm³/mol. The summed E-state index contributed by atoms with van der Waals surface area (Å²) in [4.78, 5) is 36.0. The van der Waals surface area contributed by atoms with Crippen molar-refractivity contribution in [3.63, 3.8) is 0 Å². The summed E-state index contributed by atoms with van der Waals surface area (Å²) in [6.07, 6.45) is 0. The van der Waals surface area contributed by atoms with Gasteiger partial charge in [0.15, 0.2) is 0 Å². The van der Waals surface area contributed by atoms with Crippen LogP contribution >= 0.6 is 0 Å². The highest BCUT2D eigenvalue weighted by Crippen LogP contribution is 2.19. The number of hydrogen-bond acceptors (Lipinski definition) is 4. The number of anilines is 2. The number of hydrogen-bond donors (Lipinski definition) is 3. The molecule has 0 aliphatic heterocycles. The molecule has 7 nitrogen and oxygen atoms in total. The molecule has 0 saturated heterocycles. The molecule has 0 atom stereocenters. The number of methoxy groups -OCH3 is 1. The number of carbonyl (C=O) groups is 3. The summed E-state index contributed by atoms with van der Waals surface area (Å²) in [5.74, 6) is -1.41. The molecular weight excluding hydrogens is 372 g/mol. The second-order valence-corrected chi connectivity index (χ2v) is 6.07. The SMILES string of the molecule is COc1cccc(NC(=O)c2ccc(NC(=O)c3ccccc3C(=O)O)cc2)c1. The maximum Gasteiger partial charge on any atom is 0.336 e. The minimum atomic E-state index is -1.18. The molecule has 0 aromatic heterocycles. The summed E-state index contributed by atoms with van der Waals surface area (Å²) in [7, 11) is 1.54. The summed E-state index contributed by atoms with van der Waals surface area (Å²) in [6, 6.07) is 19.2. The molecule has 0 fully saturated rings. The number of ether oxygens (including phenoxy) is 1. The van der Waals surface area contributed by atoms with E-state index in [-0.39, 0.29) is 17.0 Å². The third-order valence-corrected chi connectivity index (χ3v) is 4.13. The van der Waals surface area contributed by atoms with Crippen molar-refractivity contribution in [2.45, 2.75) is 0 Å². The molecule has 0 unspecified atom stereocenters. The molecule has 0 bridgehead atoms. The molecule has 0 spiro atoms. The van der Waals surface area contributed by atoms with Gasteiger partial charge in [0.1, 0.15) is 5.75 Å². The van der Waals surface area contributed by atoms with E-state index in [0.29, 0.717) is 22.7 Å². The number of nitrogens with one attached hydrogen (secondary N) is 2. The zero-order valence-electron chi connectivity index (χ0n) is 15.5. The predicted octanol–water partition coefficient (Wildman–Crippen LogP) is 3.90. The van der Waals surface area contributed by atoms with Gasteiger partial charge in [0, 0.05) is 23.0 Å².